The quantitative estimate of drug-likeness (QED) is 0.903. The maximum Gasteiger partial charge on any atom is 0.419 e. The number of para-hydroxylation sites is 1. The van der Waals surface area contributed by atoms with Gasteiger partial charge in [-0.3, -0.25) is 9.59 Å². The van der Waals surface area contributed by atoms with Crippen LogP contribution in [0.15, 0.2) is 18.2 Å². The Bertz CT molecular complexity index is 629. The molecule has 0 saturated carbocycles. The molecule has 0 aliphatic carbocycles. The van der Waals surface area contributed by atoms with Crippen molar-refractivity contribution in [1.82, 2.24) is 9.80 Å². The summed E-state index contributed by atoms with van der Waals surface area (Å²) < 4.78 is 38.5. The largest absolute Gasteiger partial charge is 0.506 e. The van der Waals surface area contributed by atoms with Gasteiger partial charge in [-0.15, -0.1) is 0 Å². The van der Waals surface area contributed by atoms with E-state index in [1.165, 1.54) is 9.80 Å². The fourth-order valence-electron chi connectivity index (χ4n) is 2.66. The lowest BCUT2D eigenvalue weighted by molar-refractivity contribution is -0.139. The van der Waals surface area contributed by atoms with Gasteiger partial charge in [-0.1, -0.05) is 6.07 Å². The monoisotopic (exact) mass is 330 g/mol. The summed E-state index contributed by atoms with van der Waals surface area (Å²) in [5.74, 6) is -2.17. The molecule has 2 amide bonds. The van der Waals surface area contributed by atoms with Crippen molar-refractivity contribution in [3.63, 3.8) is 0 Å². The van der Waals surface area contributed by atoms with E-state index >= 15 is 0 Å². The van der Waals surface area contributed by atoms with Crippen LogP contribution in [0.5, 0.6) is 5.75 Å². The molecule has 0 aromatic heterocycles. The van der Waals surface area contributed by atoms with Crippen molar-refractivity contribution in [2.45, 2.75) is 25.1 Å². The first-order valence-electron chi connectivity index (χ1n) is 7.06. The SMILES string of the molecule is CN(C)C(=O)[C@@H]1CCCN1C(=O)c1cccc(C(F)(F)F)c1O. The van der Waals surface area contributed by atoms with E-state index in [0.29, 0.717) is 18.9 Å². The third-order valence-corrected chi connectivity index (χ3v) is 3.81. The number of hydrogen-bond donors (Lipinski definition) is 1. The van der Waals surface area contributed by atoms with Crippen LogP contribution in [0.4, 0.5) is 13.2 Å². The average Bonchev–Trinajstić information content (AvgIpc) is 2.93. The first-order chi connectivity index (χ1) is 10.6. The molecule has 0 unspecified atom stereocenters. The maximum absolute atomic E-state index is 12.8. The molecule has 1 aromatic carbocycles. The van der Waals surface area contributed by atoms with Crippen molar-refractivity contribution in [3.05, 3.63) is 29.3 Å². The van der Waals surface area contributed by atoms with Gasteiger partial charge in [0.15, 0.2) is 0 Å². The summed E-state index contributed by atoms with van der Waals surface area (Å²) in [6, 6.07) is 2.18. The number of halogens is 3. The lowest BCUT2D eigenvalue weighted by Crippen LogP contribution is -2.45. The summed E-state index contributed by atoms with van der Waals surface area (Å²) in [5.41, 5.74) is -1.71. The Kier molecular flexibility index (Phi) is 4.53. The van der Waals surface area contributed by atoms with Gasteiger partial charge in [0.2, 0.25) is 5.91 Å². The van der Waals surface area contributed by atoms with Gasteiger partial charge in [0.25, 0.3) is 5.91 Å². The van der Waals surface area contributed by atoms with Gasteiger partial charge in [-0.25, -0.2) is 0 Å². The van der Waals surface area contributed by atoms with E-state index in [2.05, 4.69) is 0 Å². The highest BCUT2D eigenvalue weighted by molar-refractivity contribution is 6.00. The molecule has 1 N–H and O–H groups in total. The number of rotatable bonds is 2. The van der Waals surface area contributed by atoms with Crippen molar-refractivity contribution in [3.8, 4) is 5.75 Å². The van der Waals surface area contributed by atoms with E-state index < -0.39 is 35.0 Å². The zero-order chi connectivity index (χ0) is 17.4. The van der Waals surface area contributed by atoms with Crippen molar-refractivity contribution >= 4 is 11.8 Å². The van der Waals surface area contributed by atoms with Gasteiger partial charge in [0, 0.05) is 20.6 Å². The minimum absolute atomic E-state index is 0.263. The van der Waals surface area contributed by atoms with Crippen LogP contribution < -0.4 is 0 Å². The minimum Gasteiger partial charge on any atom is -0.506 e. The normalized spacial score (nSPS) is 18.1. The second-order valence-corrected chi connectivity index (χ2v) is 5.59. The molecule has 126 valence electrons. The fourth-order valence-corrected chi connectivity index (χ4v) is 2.66. The van der Waals surface area contributed by atoms with Crippen LogP contribution in [0.1, 0.15) is 28.8 Å². The standard InChI is InChI=1S/C15H17F3N2O3/c1-19(2)14(23)11-7-4-8-20(11)13(22)9-5-3-6-10(12(9)21)15(16,17)18/h3,5-6,11,21H,4,7-8H2,1-2H3/t11-/m0/s1. The molecule has 5 nitrogen and oxygen atoms in total. The third-order valence-electron chi connectivity index (χ3n) is 3.81. The van der Waals surface area contributed by atoms with Crippen LogP contribution in [0.2, 0.25) is 0 Å². The molecule has 23 heavy (non-hydrogen) atoms. The molecule has 1 atom stereocenters. The van der Waals surface area contributed by atoms with E-state index in [9.17, 15) is 27.9 Å². The number of nitrogens with zero attached hydrogens (tertiary/aromatic N) is 2. The smallest absolute Gasteiger partial charge is 0.419 e. The van der Waals surface area contributed by atoms with Crippen LogP contribution in [0, 0.1) is 0 Å². The third kappa shape index (κ3) is 3.25. The Labute approximate surface area is 131 Å². The molecule has 8 heteroatoms. The van der Waals surface area contributed by atoms with E-state index in [0.717, 1.165) is 12.1 Å². The summed E-state index contributed by atoms with van der Waals surface area (Å²) in [4.78, 5) is 27.2. The van der Waals surface area contributed by atoms with Crippen LogP contribution in [-0.2, 0) is 11.0 Å². The molecule has 1 aliphatic heterocycles. The Morgan fingerprint density at radius 3 is 2.52 bits per heavy atom. The van der Waals surface area contributed by atoms with Gasteiger partial charge in [0.1, 0.15) is 11.8 Å². The number of alkyl halides is 3. The topological polar surface area (TPSA) is 60.9 Å². The van der Waals surface area contributed by atoms with E-state index in [1.54, 1.807) is 14.1 Å². The molecule has 0 radical (unpaired) electrons. The lowest BCUT2D eigenvalue weighted by atomic mass is 10.1. The highest BCUT2D eigenvalue weighted by atomic mass is 19.4. The van der Waals surface area contributed by atoms with Crippen LogP contribution in [0.3, 0.4) is 0 Å². The highest BCUT2D eigenvalue weighted by Crippen LogP contribution is 2.38. The number of benzene rings is 1. The first-order valence-corrected chi connectivity index (χ1v) is 7.06. The Morgan fingerprint density at radius 2 is 1.96 bits per heavy atom. The summed E-state index contributed by atoms with van der Waals surface area (Å²) in [5, 5.41) is 9.83. The van der Waals surface area contributed by atoms with E-state index in [1.807, 2.05) is 0 Å². The minimum atomic E-state index is -4.76. The Balaban J connectivity index is 2.36. The van der Waals surface area contributed by atoms with Gasteiger partial charge in [-0.05, 0) is 25.0 Å². The number of carbonyl (C=O) groups excluding carboxylic acids is 2. The number of hydrogen-bond acceptors (Lipinski definition) is 3. The molecular weight excluding hydrogens is 313 g/mol. The van der Waals surface area contributed by atoms with Crippen molar-refractivity contribution < 1.29 is 27.9 Å². The van der Waals surface area contributed by atoms with Crippen LogP contribution >= 0.6 is 0 Å². The Morgan fingerprint density at radius 1 is 1.30 bits per heavy atom. The molecule has 1 aliphatic rings. The number of phenols is 1. The lowest BCUT2D eigenvalue weighted by Gasteiger charge is -2.26. The highest BCUT2D eigenvalue weighted by Gasteiger charge is 2.39. The number of aromatic hydroxyl groups is 1. The molecule has 0 bridgehead atoms. The molecule has 0 spiro atoms. The zero-order valence-corrected chi connectivity index (χ0v) is 12.7. The number of likely N-dealkylation sites (N-methyl/N-ethyl adjacent to an activating group) is 1. The fraction of sp³-hybridized carbons (Fsp3) is 0.467. The second-order valence-electron chi connectivity index (χ2n) is 5.59. The molecule has 1 fully saturated rings. The number of phenolic OH excluding ortho intramolecular Hbond substituents is 1. The second kappa shape index (κ2) is 6.10. The van der Waals surface area contributed by atoms with Gasteiger partial charge < -0.3 is 14.9 Å². The summed E-state index contributed by atoms with van der Waals surface area (Å²) in [6.07, 6.45) is -3.73. The first kappa shape index (κ1) is 17.1. The summed E-state index contributed by atoms with van der Waals surface area (Å²) >= 11 is 0. The molecule has 1 aromatic rings. The van der Waals surface area contributed by atoms with Gasteiger partial charge in [0.05, 0.1) is 11.1 Å². The molecule has 1 saturated heterocycles. The molecule has 1 heterocycles. The zero-order valence-electron chi connectivity index (χ0n) is 12.7. The van der Waals surface area contributed by atoms with Gasteiger partial charge in [-0.2, -0.15) is 13.2 Å². The number of carbonyl (C=O) groups is 2. The van der Waals surface area contributed by atoms with Crippen LogP contribution in [0.25, 0.3) is 0 Å². The number of amides is 2. The molecule has 2 rings (SSSR count). The predicted octanol–water partition coefficient (Wildman–Crippen LogP) is 2.10. The Hall–Kier alpha value is -2.25. The van der Waals surface area contributed by atoms with Crippen molar-refractivity contribution in [1.29, 1.82) is 0 Å². The average molecular weight is 330 g/mol. The number of likely N-dealkylation sites (tertiary alicyclic amines) is 1. The van der Waals surface area contributed by atoms with Crippen molar-refractivity contribution in [2.24, 2.45) is 0 Å². The van der Waals surface area contributed by atoms with Gasteiger partial charge >= 0.3 is 6.18 Å². The predicted molar refractivity (Wildman–Crippen MR) is 75.9 cm³/mol. The van der Waals surface area contributed by atoms with E-state index in [-0.39, 0.29) is 12.5 Å². The van der Waals surface area contributed by atoms with Crippen molar-refractivity contribution in [2.75, 3.05) is 20.6 Å². The maximum atomic E-state index is 12.8. The van der Waals surface area contributed by atoms with Crippen LogP contribution in [-0.4, -0.2) is 53.4 Å². The summed E-state index contributed by atoms with van der Waals surface area (Å²) in [6.45, 7) is 0.263. The molecular formula is C15H17F3N2O3. The van der Waals surface area contributed by atoms with E-state index in [4.69, 9.17) is 0 Å². The summed E-state index contributed by atoms with van der Waals surface area (Å²) in [7, 11) is 3.09.